The molecule has 20 heavy (non-hydrogen) atoms. The average molecular weight is 277 g/mol. The molecule has 0 aliphatic rings. The number of benzene rings is 1. The van der Waals surface area contributed by atoms with Crippen LogP contribution in [0.5, 0.6) is 0 Å². The molecule has 2 atom stereocenters. The number of nitrogens with one attached hydrogen (secondary N) is 1. The van der Waals surface area contributed by atoms with Gasteiger partial charge in [0.15, 0.2) is 0 Å². The van der Waals surface area contributed by atoms with Gasteiger partial charge in [-0.05, 0) is 23.3 Å². The van der Waals surface area contributed by atoms with E-state index in [1.54, 1.807) is 0 Å². The molecule has 1 amide bonds. The lowest BCUT2D eigenvalue weighted by Crippen LogP contribution is -2.40. The number of aliphatic hydroxyl groups is 1. The van der Waals surface area contributed by atoms with Crippen LogP contribution >= 0.6 is 0 Å². The van der Waals surface area contributed by atoms with E-state index in [1.165, 1.54) is 0 Å². The molecule has 1 aromatic rings. The lowest BCUT2D eigenvalue weighted by molar-refractivity contribution is -0.123. The average Bonchev–Trinajstić information content (AvgIpc) is 2.37. The Bertz CT molecular complexity index is 409. The van der Waals surface area contributed by atoms with E-state index in [2.05, 4.69) is 33.0 Å². The normalized spacial score (nSPS) is 14.7. The Kier molecular flexibility index (Phi) is 6.21. The molecule has 0 aliphatic heterocycles. The summed E-state index contributed by atoms with van der Waals surface area (Å²) in [6.07, 6.45) is 1.15. The van der Waals surface area contributed by atoms with Crippen LogP contribution in [0.2, 0.25) is 0 Å². The van der Waals surface area contributed by atoms with Crippen molar-refractivity contribution in [3.05, 3.63) is 35.9 Å². The summed E-state index contributed by atoms with van der Waals surface area (Å²) < 4.78 is 0. The van der Waals surface area contributed by atoms with Gasteiger partial charge < -0.3 is 10.4 Å². The Morgan fingerprint density at radius 3 is 2.35 bits per heavy atom. The van der Waals surface area contributed by atoms with Crippen LogP contribution in [0, 0.1) is 11.3 Å². The molecule has 3 heteroatoms. The maximum absolute atomic E-state index is 12.0. The largest absolute Gasteiger partial charge is 0.394 e. The summed E-state index contributed by atoms with van der Waals surface area (Å²) in [5.74, 6) is 0.320. The number of carbonyl (C=O) groups is 1. The molecule has 2 N–H and O–H groups in total. The Balaban J connectivity index is 2.50. The van der Waals surface area contributed by atoms with Crippen molar-refractivity contribution >= 4 is 5.91 Å². The van der Waals surface area contributed by atoms with Crippen molar-refractivity contribution in [2.45, 2.75) is 46.6 Å². The molecule has 0 spiro atoms. The highest BCUT2D eigenvalue weighted by Crippen LogP contribution is 2.27. The summed E-state index contributed by atoms with van der Waals surface area (Å²) in [6, 6.07) is 9.69. The van der Waals surface area contributed by atoms with E-state index in [1.807, 2.05) is 30.3 Å². The highest BCUT2D eigenvalue weighted by atomic mass is 16.3. The summed E-state index contributed by atoms with van der Waals surface area (Å²) in [6.45, 7) is 8.46. The van der Waals surface area contributed by atoms with Gasteiger partial charge in [-0.1, -0.05) is 58.0 Å². The van der Waals surface area contributed by atoms with Crippen molar-refractivity contribution in [1.82, 2.24) is 5.32 Å². The Morgan fingerprint density at radius 2 is 1.85 bits per heavy atom. The van der Waals surface area contributed by atoms with E-state index < -0.39 is 0 Å². The number of hydrogen-bond donors (Lipinski definition) is 2. The van der Waals surface area contributed by atoms with Gasteiger partial charge in [-0.15, -0.1) is 0 Å². The molecule has 1 rings (SSSR count). The molecule has 0 aliphatic carbocycles. The Labute approximate surface area is 122 Å². The van der Waals surface area contributed by atoms with Gasteiger partial charge in [0.25, 0.3) is 0 Å². The molecular weight excluding hydrogens is 250 g/mol. The number of rotatable bonds is 6. The third-order valence-corrected chi connectivity index (χ3v) is 3.88. The van der Waals surface area contributed by atoms with Gasteiger partial charge in [0, 0.05) is 6.42 Å². The van der Waals surface area contributed by atoms with Crippen molar-refractivity contribution in [3.8, 4) is 0 Å². The zero-order valence-electron chi connectivity index (χ0n) is 13.0. The quantitative estimate of drug-likeness (QED) is 0.840. The summed E-state index contributed by atoms with van der Waals surface area (Å²) >= 11 is 0. The molecule has 0 bridgehead atoms. The molecule has 0 radical (unpaired) electrons. The third-order valence-electron chi connectivity index (χ3n) is 3.88. The fourth-order valence-corrected chi connectivity index (χ4v) is 1.93. The molecule has 0 aromatic heterocycles. The zero-order valence-corrected chi connectivity index (χ0v) is 13.0. The second-order valence-corrected chi connectivity index (χ2v) is 6.61. The van der Waals surface area contributed by atoms with Crippen molar-refractivity contribution < 1.29 is 9.90 Å². The van der Waals surface area contributed by atoms with Crippen molar-refractivity contribution in [2.24, 2.45) is 11.3 Å². The van der Waals surface area contributed by atoms with Crippen LogP contribution in [0.15, 0.2) is 30.3 Å². The van der Waals surface area contributed by atoms with E-state index in [0.717, 1.165) is 5.56 Å². The molecule has 0 heterocycles. The van der Waals surface area contributed by atoms with Crippen LogP contribution in [0.4, 0.5) is 0 Å². The zero-order chi connectivity index (χ0) is 15.2. The van der Waals surface area contributed by atoms with Crippen molar-refractivity contribution in [3.63, 3.8) is 0 Å². The van der Waals surface area contributed by atoms with Crippen LogP contribution < -0.4 is 5.32 Å². The minimum atomic E-state index is -0.211. The number of aliphatic hydroxyl groups excluding tert-OH is 1. The molecule has 0 saturated heterocycles. The molecule has 1 aromatic carbocycles. The van der Waals surface area contributed by atoms with Gasteiger partial charge in [0.05, 0.1) is 12.6 Å². The second kappa shape index (κ2) is 7.44. The van der Waals surface area contributed by atoms with Crippen molar-refractivity contribution in [1.29, 1.82) is 0 Å². The van der Waals surface area contributed by atoms with Crippen molar-refractivity contribution in [2.75, 3.05) is 6.61 Å². The second-order valence-electron chi connectivity index (χ2n) is 6.61. The van der Waals surface area contributed by atoms with Gasteiger partial charge in [0.1, 0.15) is 0 Å². The van der Waals surface area contributed by atoms with Gasteiger partial charge in [0.2, 0.25) is 5.91 Å². The first-order chi connectivity index (χ1) is 9.32. The molecule has 3 nitrogen and oxygen atoms in total. The summed E-state index contributed by atoms with van der Waals surface area (Å²) in [5.41, 5.74) is 1.24. The minimum absolute atomic E-state index is 0.0161. The highest BCUT2D eigenvalue weighted by molar-refractivity contribution is 5.76. The standard InChI is InChI=1S/C17H27NO2/c1-13(17(2,3)4)10-16(20)18-15(12-19)11-14-8-6-5-7-9-14/h5-9,13,15,19H,10-12H2,1-4H3,(H,18,20). The summed E-state index contributed by atoms with van der Waals surface area (Å²) in [7, 11) is 0. The van der Waals surface area contributed by atoms with Crippen LogP contribution in [0.3, 0.4) is 0 Å². The van der Waals surface area contributed by atoms with Crippen LogP contribution in [0.1, 0.15) is 39.7 Å². The van der Waals surface area contributed by atoms with Crippen LogP contribution in [-0.2, 0) is 11.2 Å². The summed E-state index contributed by atoms with van der Waals surface area (Å²) in [5, 5.41) is 12.3. The third kappa shape index (κ3) is 5.74. The maximum Gasteiger partial charge on any atom is 0.220 e. The Morgan fingerprint density at radius 1 is 1.25 bits per heavy atom. The fraction of sp³-hybridized carbons (Fsp3) is 0.588. The van der Waals surface area contributed by atoms with Crippen LogP contribution in [0.25, 0.3) is 0 Å². The first kappa shape index (κ1) is 16.7. The minimum Gasteiger partial charge on any atom is -0.394 e. The van der Waals surface area contributed by atoms with E-state index >= 15 is 0 Å². The fourth-order valence-electron chi connectivity index (χ4n) is 1.93. The van der Waals surface area contributed by atoms with Gasteiger partial charge in [-0.3, -0.25) is 4.79 Å². The molecule has 0 saturated carbocycles. The van der Waals surface area contributed by atoms with Gasteiger partial charge in [-0.2, -0.15) is 0 Å². The number of amides is 1. The molecular formula is C17H27NO2. The first-order valence-electron chi connectivity index (χ1n) is 7.27. The van der Waals surface area contributed by atoms with E-state index in [9.17, 15) is 9.90 Å². The molecule has 112 valence electrons. The van der Waals surface area contributed by atoms with Gasteiger partial charge in [-0.25, -0.2) is 0 Å². The lowest BCUT2D eigenvalue weighted by atomic mass is 9.80. The van der Waals surface area contributed by atoms with E-state index in [4.69, 9.17) is 0 Å². The monoisotopic (exact) mass is 277 g/mol. The lowest BCUT2D eigenvalue weighted by Gasteiger charge is -2.27. The first-order valence-corrected chi connectivity index (χ1v) is 7.27. The molecule has 0 fully saturated rings. The number of carbonyl (C=O) groups excluding carboxylic acids is 1. The van der Waals surface area contributed by atoms with E-state index in [-0.39, 0.29) is 24.0 Å². The predicted molar refractivity (Wildman–Crippen MR) is 82.4 cm³/mol. The Hall–Kier alpha value is -1.35. The SMILES string of the molecule is CC(CC(=O)NC(CO)Cc1ccccc1)C(C)(C)C. The smallest absolute Gasteiger partial charge is 0.220 e. The summed E-state index contributed by atoms with van der Waals surface area (Å²) in [4.78, 5) is 12.0. The van der Waals surface area contributed by atoms with E-state index in [0.29, 0.717) is 18.8 Å². The highest BCUT2D eigenvalue weighted by Gasteiger charge is 2.23. The molecule has 2 unspecified atom stereocenters. The predicted octanol–water partition coefficient (Wildman–Crippen LogP) is 2.78. The topological polar surface area (TPSA) is 49.3 Å². The maximum atomic E-state index is 12.0. The van der Waals surface area contributed by atoms with Gasteiger partial charge >= 0.3 is 0 Å². The number of hydrogen-bond acceptors (Lipinski definition) is 2. The van der Waals surface area contributed by atoms with Crippen LogP contribution in [-0.4, -0.2) is 23.7 Å².